The summed E-state index contributed by atoms with van der Waals surface area (Å²) in [6.45, 7) is 0. The molecule has 0 aliphatic rings. The van der Waals surface area contributed by atoms with Gasteiger partial charge in [-0.05, 0) is 11.1 Å². The highest BCUT2D eigenvalue weighted by molar-refractivity contribution is 7.80. The molecular formula is C10H12N2S2. The van der Waals surface area contributed by atoms with Gasteiger partial charge in [0, 0.05) is 12.8 Å². The molecule has 4 N–H and O–H groups in total. The van der Waals surface area contributed by atoms with Gasteiger partial charge >= 0.3 is 0 Å². The minimum absolute atomic E-state index is 0.486. The van der Waals surface area contributed by atoms with Gasteiger partial charge in [0.25, 0.3) is 0 Å². The van der Waals surface area contributed by atoms with Gasteiger partial charge in [-0.15, -0.1) is 0 Å². The molecule has 14 heavy (non-hydrogen) atoms. The van der Waals surface area contributed by atoms with Gasteiger partial charge in [-0.25, -0.2) is 0 Å². The lowest BCUT2D eigenvalue weighted by Crippen LogP contribution is -2.16. The molecule has 74 valence electrons. The highest BCUT2D eigenvalue weighted by Gasteiger charge is 2.03. The molecule has 0 radical (unpaired) electrons. The molecule has 0 amide bonds. The Balaban J connectivity index is 2.90. The van der Waals surface area contributed by atoms with Crippen LogP contribution in [0, 0.1) is 0 Å². The van der Waals surface area contributed by atoms with E-state index in [-0.39, 0.29) is 0 Å². The van der Waals surface area contributed by atoms with Crippen molar-refractivity contribution < 1.29 is 0 Å². The minimum Gasteiger partial charge on any atom is -0.393 e. The van der Waals surface area contributed by atoms with E-state index < -0.39 is 0 Å². The van der Waals surface area contributed by atoms with Gasteiger partial charge in [-0.2, -0.15) is 0 Å². The smallest absolute Gasteiger partial charge is 0.0771 e. The Morgan fingerprint density at radius 2 is 1.29 bits per heavy atom. The van der Waals surface area contributed by atoms with Crippen LogP contribution in [0.1, 0.15) is 11.1 Å². The van der Waals surface area contributed by atoms with E-state index in [0.717, 1.165) is 11.1 Å². The topological polar surface area (TPSA) is 52.0 Å². The number of rotatable bonds is 4. The van der Waals surface area contributed by atoms with Crippen LogP contribution >= 0.6 is 24.4 Å². The van der Waals surface area contributed by atoms with Crippen molar-refractivity contribution in [2.24, 2.45) is 11.5 Å². The Kier molecular flexibility index (Phi) is 3.98. The summed E-state index contributed by atoms with van der Waals surface area (Å²) >= 11 is 9.73. The maximum atomic E-state index is 5.49. The largest absolute Gasteiger partial charge is 0.393 e. The Bertz CT molecular complexity index is 326. The molecule has 2 nitrogen and oxygen atoms in total. The van der Waals surface area contributed by atoms with Gasteiger partial charge in [0.2, 0.25) is 0 Å². The van der Waals surface area contributed by atoms with E-state index in [4.69, 9.17) is 35.9 Å². The Morgan fingerprint density at radius 1 is 0.929 bits per heavy atom. The second-order valence-electron chi connectivity index (χ2n) is 3.05. The maximum absolute atomic E-state index is 5.49. The first-order valence-electron chi connectivity index (χ1n) is 4.23. The summed E-state index contributed by atoms with van der Waals surface area (Å²) in [7, 11) is 0. The van der Waals surface area contributed by atoms with Crippen LogP contribution in [0.4, 0.5) is 0 Å². The molecule has 0 aliphatic heterocycles. The zero-order valence-electron chi connectivity index (χ0n) is 7.69. The second-order valence-corrected chi connectivity index (χ2v) is 4.10. The highest BCUT2D eigenvalue weighted by atomic mass is 32.1. The normalized spacial score (nSPS) is 9.71. The van der Waals surface area contributed by atoms with E-state index in [1.54, 1.807) is 0 Å². The number of hydrogen-bond donors (Lipinski definition) is 2. The van der Waals surface area contributed by atoms with Gasteiger partial charge in [0.1, 0.15) is 0 Å². The third kappa shape index (κ3) is 3.40. The van der Waals surface area contributed by atoms with Crippen molar-refractivity contribution in [1.29, 1.82) is 0 Å². The summed E-state index contributed by atoms with van der Waals surface area (Å²) in [5, 5.41) is 0. The van der Waals surface area contributed by atoms with E-state index >= 15 is 0 Å². The van der Waals surface area contributed by atoms with Crippen LogP contribution < -0.4 is 11.5 Å². The molecule has 0 aromatic heterocycles. The van der Waals surface area contributed by atoms with Crippen molar-refractivity contribution in [2.75, 3.05) is 0 Å². The van der Waals surface area contributed by atoms with Gasteiger partial charge in [0.15, 0.2) is 0 Å². The number of thiocarbonyl (C=S) groups is 2. The number of nitrogens with two attached hydrogens (primary N) is 2. The molecule has 0 aliphatic carbocycles. The predicted molar refractivity (Wildman–Crippen MR) is 67.4 cm³/mol. The number of benzene rings is 1. The molecule has 0 bridgehead atoms. The molecule has 0 saturated carbocycles. The summed E-state index contributed by atoms with van der Waals surface area (Å²) in [6, 6.07) is 7.90. The molecule has 0 atom stereocenters. The standard InChI is InChI=1S/C10H12N2S2/c11-9(13)5-7-3-1-2-4-8(7)6-10(12)14/h1-4H,5-6H2,(H2,11,13)(H2,12,14). The van der Waals surface area contributed by atoms with Crippen molar-refractivity contribution >= 4 is 34.4 Å². The first kappa shape index (κ1) is 11.1. The SMILES string of the molecule is NC(=S)Cc1ccccc1CC(N)=S. The lowest BCUT2D eigenvalue weighted by Gasteiger charge is -2.07. The summed E-state index contributed by atoms with van der Waals surface area (Å²) in [5.41, 5.74) is 13.2. The fourth-order valence-electron chi connectivity index (χ4n) is 1.28. The van der Waals surface area contributed by atoms with Crippen LogP contribution in [0.3, 0.4) is 0 Å². The third-order valence-corrected chi connectivity index (χ3v) is 2.14. The molecular weight excluding hydrogens is 212 g/mol. The van der Waals surface area contributed by atoms with E-state index in [1.165, 1.54) is 0 Å². The Hall–Kier alpha value is -1.00. The van der Waals surface area contributed by atoms with Crippen molar-refractivity contribution in [2.45, 2.75) is 12.8 Å². The average molecular weight is 224 g/mol. The summed E-state index contributed by atoms with van der Waals surface area (Å²) < 4.78 is 0. The van der Waals surface area contributed by atoms with E-state index in [9.17, 15) is 0 Å². The van der Waals surface area contributed by atoms with E-state index in [1.807, 2.05) is 24.3 Å². The minimum atomic E-state index is 0.486. The van der Waals surface area contributed by atoms with E-state index in [0.29, 0.717) is 22.8 Å². The maximum Gasteiger partial charge on any atom is 0.0771 e. The zero-order valence-corrected chi connectivity index (χ0v) is 9.33. The first-order chi connectivity index (χ1) is 6.59. The molecule has 1 aromatic carbocycles. The van der Waals surface area contributed by atoms with Crippen molar-refractivity contribution in [3.63, 3.8) is 0 Å². The lowest BCUT2D eigenvalue weighted by atomic mass is 10.0. The molecule has 0 saturated heterocycles. The van der Waals surface area contributed by atoms with Crippen LogP contribution in [-0.4, -0.2) is 9.98 Å². The summed E-state index contributed by atoms with van der Waals surface area (Å²) in [6.07, 6.45) is 1.21. The third-order valence-electron chi connectivity index (χ3n) is 1.85. The zero-order chi connectivity index (χ0) is 10.6. The fourth-order valence-corrected chi connectivity index (χ4v) is 1.59. The van der Waals surface area contributed by atoms with E-state index in [2.05, 4.69) is 0 Å². The summed E-state index contributed by atoms with van der Waals surface area (Å²) in [5.74, 6) is 0. The molecule has 0 spiro atoms. The van der Waals surface area contributed by atoms with Crippen LogP contribution in [0.2, 0.25) is 0 Å². The van der Waals surface area contributed by atoms with Gasteiger partial charge in [-0.1, -0.05) is 48.7 Å². The highest BCUT2D eigenvalue weighted by Crippen LogP contribution is 2.10. The van der Waals surface area contributed by atoms with Crippen LogP contribution in [0.25, 0.3) is 0 Å². The van der Waals surface area contributed by atoms with Crippen LogP contribution in [-0.2, 0) is 12.8 Å². The van der Waals surface area contributed by atoms with Crippen molar-refractivity contribution in [3.05, 3.63) is 35.4 Å². The first-order valence-corrected chi connectivity index (χ1v) is 5.04. The quantitative estimate of drug-likeness (QED) is 0.758. The average Bonchev–Trinajstić information content (AvgIpc) is 2.06. The molecule has 0 unspecified atom stereocenters. The lowest BCUT2D eigenvalue weighted by molar-refractivity contribution is 1.21. The Labute approximate surface area is 94.3 Å². The summed E-state index contributed by atoms with van der Waals surface area (Å²) in [4.78, 5) is 0.973. The second kappa shape index (κ2) is 5.02. The monoisotopic (exact) mass is 224 g/mol. The predicted octanol–water partition coefficient (Wildman–Crippen LogP) is 1.34. The van der Waals surface area contributed by atoms with Gasteiger partial charge in [0.05, 0.1) is 9.98 Å². The van der Waals surface area contributed by atoms with Gasteiger partial charge < -0.3 is 11.5 Å². The van der Waals surface area contributed by atoms with Crippen LogP contribution in [0.15, 0.2) is 24.3 Å². The molecule has 1 aromatic rings. The van der Waals surface area contributed by atoms with Crippen molar-refractivity contribution in [3.8, 4) is 0 Å². The Morgan fingerprint density at radius 3 is 1.57 bits per heavy atom. The van der Waals surface area contributed by atoms with Crippen LogP contribution in [0.5, 0.6) is 0 Å². The molecule has 0 fully saturated rings. The molecule has 4 heteroatoms. The van der Waals surface area contributed by atoms with Gasteiger partial charge in [-0.3, -0.25) is 0 Å². The van der Waals surface area contributed by atoms with Crippen molar-refractivity contribution in [1.82, 2.24) is 0 Å². The fraction of sp³-hybridized carbons (Fsp3) is 0.200. The molecule has 0 heterocycles. The number of hydrogen-bond acceptors (Lipinski definition) is 2. The molecule has 1 rings (SSSR count).